The lowest BCUT2D eigenvalue weighted by Crippen LogP contribution is -2.42. The molecule has 0 saturated carbocycles. The van der Waals surface area contributed by atoms with Crippen molar-refractivity contribution in [3.63, 3.8) is 0 Å². The third kappa shape index (κ3) is 10.5. The predicted molar refractivity (Wildman–Crippen MR) is 99.4 cm³/mol. The summed E-state index contributed by atoms with van der Waals surface area (Å²) in [6.45, 7) is 12.2. The van der Waals surface area contributed by atoms with Crippen LogP contribution in [-0.4, -0.2) is 57.2 Å². The number of hydrogen-bond donors (Lipinski definition) is 2. The summed E-state index contributed by atoms with van der Waals surface area (Å²) >= 11 is 0. The van der Waals surface area contributed by atoms with Crippen molar-refractivity contribution >= 4 is 16.0 Å². The molecule has 0 aliphatic heterocycles. The first-order valence-corrected chi connectivity index (χ1v) is 10.3. The molecule has 0 aromatic carbocycles. The van der Waals surface area contributed by atoms with Crippen molar-refractivity contribution < 1.29 is 8.42 Å². The smallest absolute Gasteiger partial charge is 0.213 e. The lowest BCUT2D eigenvalue weighted by atomic mass is 10.0. The highest BCUT2D eigenvalue weighted by molar-refractivity contribution is 7.89. The standard InChI is InChI=1S/C16H36N4O2S/c1-7-17-16(19-15(5)11-10-14(3)4)18-12-9-13-20(6)23(21,22)8-2/h14-15H,7-13H2,1-6H3,(H2,17,18,19). The third-order valence-electron chi connectivity index (χ3n) is 3.65. The maximum atomic E-state index is 11.7. The van der Waals surface area contributed by atoms with Crippen LogP contribution in [0.15, 0.2) is 4.99 Å². The molecule has 1 unspecified atom stereocenters. The Kier molecular flexibility index (Phi) is 11.3. The molecule has 23 heavy (non-hydrogen) atoms. The molecule has 0 aliphatic carbocycles. The minimum absolute atomic E-state index is 0.143. The fraction of sp³-hybridized carbons (Fsp3) is 0.938. The maximum Gasteiger partial charge on any atom is 0.213 e. The summed E-state index contributed by atoms with van der Waals surface area (Å²) in [5.74, 6) is 1.66. The zero-order valence-electron chi connectivity index (χ0n) is 15.7. The zero-order chi connectivity index (χ0) is 17.9. The van der Waals surface area contributed by atoms with E-state index < -0.39 is 10.0 Å². The minimum atomic E-state index is -3.09. The first-order valence-electron chi connectivity index (χ1n) is 8.71. The molecule has 0 fully saturated rings. The number of hydrogen-bond acceptors (Lipinski definition) is 3. The van der Waals surface area contributed by atoms with Crippen molar-refractivity contribution in [2.75, 3.05) is 32.4 Å². The Morgan fingerprint density at radius 2 is 1.83 bits per heavy atom. The molecule has 0 rings (SSSR count). The second-order valence-electron chi connectivity index (χ2n) is 6.35. The van der Waals surface area contributed by atoms with Crippen LogP contribution in [0.5, 0.6) is 0 Å². The number of rotatable bonds is 11. The molecule has 2 N–H and O–H groups in total. The van der Waals surface area contributed by atoms with Crippen LogP contribution in [0.4, 0.5) is 0 Å². The van der Waals surface area contributed by atoms with Crippen LogP contribution in [0.2, 0.25) is 0 Å². The van der Waals surface area contributed by atoms with Gasteiger partial charge in [0.25, 0.3) is 0 Å². The summed E-state index contributed by atoms with van der Waals surface area (Å²) in [6.07, 6.45) is 3.01. The SMILES string of the molecule is CCNC(=NCCCN(C)S(=O)(=O)CC)NC(C)CCC(C)C. The van der Waals surface area contributed by atoms with Gasteiger partial charge in [-0.25, -0.2) is 12.7 Å². The summed E-state index contributed by atoms with van der Waals surface area (Å²) in [5.41, 5.74) is 0. The van der Waals surface area contributed by atoms with Gasteiger partial charge in [-0.1, -0.05) is 13.8 Å². The van der Waals surface area contributed by atoms with E-state index in [1.807, 2.05) is 6.92 Å². The lowest BCUT2D eigenvalue weighted by Gasteiger charge is -2.19. The molecule has 6 nitrogen and oxygen atoms in total. The van der Waals surface area contributed by atoms with Crippen LogP contribution in [-0.2, 0) is 10.0 Å². The summed E-state index contributed by atoms with van der Waals surface area (Å²) < 4.78 is 24.7. The molecule has 0 heterocycles. The van der Waals surface area contributed by atoms with Gasteiger partial charge in [-0.05, 0) is 46.0 Å². The van der Waals surface area contributed by atoms with E-state index in [1.165, 1.54) is 10.7 Å². The van der Waals surface area contributed by atoms with Gasteiger partial charge in [0, 0.05) is 32.7 Å². The number of guanidine groups is 1. The monoisotopic (exact) mass is 348 g/mol. The van der Waals surface area contributed by atoms with E-state index in [4.69, 9.17) is 0 Å². The Hall–Kier alpha value is -0.820. The van der Waals surface area contributed by atoms with Gasteiger partial charge in [0.15, 0.2) is 5.96 Å². The van der Waals surface area contributed by atoms with Crippen LogP contribution in [0.1, 0.15) is 53.9 Å². The van der Waals surface area contributed by atoms with Crippen molar-refractivity contribution in [2.45, 2.75) is 59.9 Å². The second kappa shape index (κ2) is 11.7. The van der Waals surface area contributed by atoms with Gasteiger partial charge in [0.2, 0.25) is 10.0 Å². The van der Waals surface area contributed by atoms with Crippen molar-refractivity contribution in [1.29, 1.82) is 0 Å². The fourth-order valence-corrected chi connectivity index (χ4v) is 2.90. The van der Waals surface area contributed by atoms with Crippen molar-refractivity contribution in [2.24, 2.45) is 10.9 Å². The summed E-state index contributed by atoms with van der Waals surface area (Å²) in [4.78, 5) is 4.53. The molecule has 0 spiro atoms. The molecule has 0 saturated heterocycles. The molecule has 0 aromatic heterocycles. The molecule has 7 heteroatoms. The average Bonchev–Trinajstić information content (AvgIpc) is 2.49. The fourth-order valence-electron chi connectivity index (χ4n) is 2.05. The van der Waals surface area contributed by atoms with Gasteiger partial charge in [-0.2, -0.15) is 0 Å². The van der Waals surface area contributed by atoms with E-state index in [0.717, 1.165) is 18.9 Å². The van der Waals surface area contributed by atoms with Crippen molar-refractivity contribution in [3.05, 3.63) is 0 Å². The molecular formula is C16H36N4O2S. The third-order valence-corrected chi connectivity index (χ3v) is 5.51. The Balaban J connectivity index is 4.31. The van der Waals surface area contributed by atoms with E-state index in [-0.39, 0.29) is 5.75 Å². The molecule has 0 amide bonds. The normalized spacial score (nSPS) is 14.3. The second-order valence-corrected chi connectivity index (χ2v) is 8.72. The molecule has 0 aromatic rings. The first kappa shape index (κ1) is 22.2. The Bertz CT molecular complexity index is 435. The highest BCUT2D eigenvalue weighted by atomic mass is 32.2. The largest absolute Gasteiger partial charge is 0.357 e. The molecule has 1 atom stereocenters. The van der Waals surface area contributed by atoms with Crippen LogP contribution < -0.4 is 10.6 Å². The molecule has 0 radical (unpaired) electrons. The molecule has 0 aliphatic rings. The Labute approximate surface area is 143 Å². The zero-order valence-corrected chi connectivity index (χ0v) is 16.5. The van der Waals surface area contributed by atoms with Gasteiger partial charge in [0.1, 0.15) is 0 Å². The summed E-state index contributed by atoms with van der Waals surface area (Å²) in [6, 6.07) is 0.373. The molecular weight excluding hydrogens is 312 g/mol. The van der Waals surface area contributed by atoms with E-state index >= 15 is 0 Å². The summed E-state index contributed by atoms with van der Waals surface area (Å²) in [7, 11) is -1.47. The van der Waals surface area contributed by atoms with Gasteiger partial charge < -0.3 is 10.6 Å². The lowest BCUT2D eigenvalue weighted by molar-refractivity contribution is 0.464. The van der Waals surface area contributed by atoms with Gasteiger partial charge in [0.05, 0.1) is 5.75 Å². The Morgan fingerprint density at radius 1 is 1.17 bits per heavy atom. The first-order chi connectivity index (χ1) is 10.7. The number of aliphatic imine (C=N–C) groups is 1. The number of nitrogens with zero attached hydrogens (tertiary/aromatic N) is 2. The van der Waals surface area contributed by atoms with Crippen molar-refractivity contribution in [1.82, 2.24) is 14.9 Å². The molecule has 138 valence electrons. The predicted octanol–water partition coefficient (Wildman–Crippen LogP) is 2.04. The van der Waals surface area contributed by atoms with E-state index in [0.29, 0.717) is 31.5 Å². The van der Waals surface area contributed by atoms with Gasteiger partial charge >= 0.3 is 0 Å². The van der Waals surface area contributed by atoms with Crippen LogP contribution in [0.25, 0.3) is 0 Å². The average molecular weight is 349 g/mol. The van der Waals surface area contributed by atoms with Crippen LogP contribution >= 0.6 is 0 Å². The van der Waals surface area contributed by atoms with E-state index in [9.17, 15) is 8.42 Å². The highest BCUT2D eigenvalue weighted by Gasteiger charge is 2.13. The summed E-state index contributed by atoms with van der Waals surface area (Å²) in [5, 5.41) is 6.65. The van der Waals surface area contributed by atoms with Crippen molar-refractivity contribution in [3.8, 4) is 0 Å². The topological polar surface area (TPSA) is 73.8 Å². The number of nitrogens with one attached hydrogen (secondary N) is 2. The van der Waals surface area contributed by atoms with Crippen LogP contribution in [0.3, 0.4) is 0 Å². The quantitative estimate of drug-likeness (QED) is 0.340. The molecule has 0 bridgehead atoms. The van der Waals surface area contributed by atoms with E-state index in [1.54, 1.807) is 14.0 Å². The highest BCUT2D eigenvalue weighted by Crippen LogP contribution is 2.06. The Morgan fingerprint density at radius 3 is 2.35 bits per heavy atom. The number of sulfonamides is 1. The van der Waals surface area contributed by atoms with Gasteiger partial charge in [-0.3, -0.25) is 4.99 Å². The van der Waals surface area contributed by atoms with Crippen LogP contribution in [0, 0.1) is 5.92 Å². The maximum absolute atomic E-state index is 11.7. The van der Waals surface area contributed by atoms with Gasteiger partial charge in [-0.15, -0.1) is 0 Å². The van der Waals surface area contributed by atoms with E-state index in [2.05, 4.69) is 36.4 Å². The minimum Gasteiger partial charge on any atom is -0.357 e.